The van der Waals surface area contributed by atoms with E-state index < -0.39 is 11.9 Å². The fourth-order valence-electron chi connectivity index (χ4n) is 0.848. The number of halogens is 3. The molecule has 0 spiro atoms. The molecule has 14 heavy (non-hydrogen) atoms. The summed E-state index contributed by atoms with van der Waals surface area (Å²) in [5, 5.41) is 0. The lowest BCUT2D eigenvalue weighted by atomic mass is 10.4. The predicted octanol–water partition coefficient (Wildman–Crippen LogP) is 3.68. The van der Waals surface area contributed by atoms with Gasteiger partial charge in [0.2, 0.25) is 0 Å². The van der Waals surface area contributed by atoms with Crippen LogP contribution in [0.1, 0.15) is 13.3 Å². The topological polar surface area (TPSA) is 12.4 Å². The smallest absolute Gasteiger partial charge is 0.268 e. The Kier molecular flexibility index (Phi) is 4.88. The van der Waals surface area contributed by atoms with E-state index in [0.717, 1.165) is 10.1 Å². The fraction of sp³-hybridized carbons (Fsp3) is 0.625. The Hall–Kier alpha value is -0.100. The van der Waals surface area contributed by atoms with E-state index in [1.807, 2.05) is 6.92 Å². The lowest BCUT2D eigenvalue weighted by Crippen LogP contribution is -1.92. The molecule has 0 N–H and O–H groups in total. The maximum atomic E-state index is 12.3. The van der Waals surface area contributed by atoms with Gasteiger partial charge in [-0.2, -0.15) is 8.78 Å². The molecular weight excluding hydrogens is 231 g/mol. The molecule has 0 aromatic rings. The molecule has 6 heteroatoms. The minimum absolute atomic E-state index is 0.221. The van der Waals surface area contributed by atoms with Crippen molar-refractivity contribution >= 4 is 27.9 Å². The third-order valence-electron chi connectivity index (χ3n) is 1.53. The quantitative estimate of drug-likeness (QED) is 0.747. The van der Waals surface area contributed by atoms with E-state index >= 15 is 0 Å². The first kappa shape index (κ1) is 12.0. The van der Waals surface area contributed by atoms with Gasteiger partial charge in [0.05, 0.1) is 6.04 Å². The predicted molar refractivity (Wildman–Crippen MR) is 56.8 cm³/mol. The summed E-state index contributed by atoms with van der Waals surface area (Å²) in [6.45, 7) is 1.99. The molecule has 0 saturated heterocycles. The van der Waals surface area contributed by atoms with Gasteiger partial charge in [0, 0.05) is 17.9 Å². The van der Waals surface area contributed by atoms with Crippen molar-refractivity contribution in [1.82, 2.24) is 0 Å². The van der Waals surface area contributed by atoms with Crippen molar-refractivity contribution in [2.24, 2.45) is 4.99 Å². The van der Waals surface area contributed by atoms with Gasteiger partial charge < -0.3 is 0 Å². The van der Waals surface area contributed by atoms with E-state index in [-0.39, 0.29) is 6.42 Å². The zero-order chi connectivity index (χ0) is 10.6. The third kappa shape index (κ3) is 3.96. The van der Waals surface area contributed by atoms with E-state index in [4.69, 9.17) is 0 Å². The zero-order valence-corrected chi connectivity index (χ0v) is 9.23. The van der Waals surface area contributed by atoms with Gasteiger partial charge in [0.15, 0.2) is 5.83 Å². The second-order valence-electron chi connectivity index (χ2n) is 2.82. The minimum Gasteiger partial charge on any atom is -0.268 e. The highest BCUT2D eigenvalue weighted by Crippen LogP contribution is 2.27. The highest BCUT2D eigenvalue weighted by atomic mass is 32.2. The first-order chi connectivity index (χ1) is 6.59. The number of allylic oxidation sites excluding steroid dienone is 1. The van der Waals surface area contributed by atoms with Crippen LogP contribution in [0.3, 0.4) is 0 Å². The number of rotatable bonds is 3. The number of thioether (sulfide) groups is 2. The zero-order valence-electron chi connectivity index (χ0n) is 7.60. The van der Waals surface area contributed by atoms with Crippen molar-refractivity contribution < 1.29 is 13.2 Å². The van der Waals surface area contributed by atoms with E-state index in [0.29, 0.717) is 11.8 Å². The van der Waals surface area contributed by atoms with Crippen LogP contribution in [0.25, 0.3) is 0 Å². The minimum atomic E-state index is -2.21. The molecule has 0 amide bonds. The number of hydrogen-bond donors (Lipinski definition) is 0. The van der Waals surface area contributed by atoms with Crippen molar-refractivity contribution in [2.75, 3.05) is 11.5 Å². The molecule has 0 saturated carbocycles. The molecule has 1 heterocycles. The highest BCUT2D eigenvalue weighted by molar-refractivity contribution is 8.39. The molecule has 1 nitrogen and oxygen atoms in total. The van der Waals surface area contributed by atoms with Gasteiger partial charge in [-0.05, 0) is 6.92 Å². The number of hydrogen-bond acceptors (Lipinski definition) is 3. The fourth-order valence-corrected chi connectivity index (χ4v) is 3.06. The molecule has 0 bridgehead atoms. The van der Waals surface area contributed by atoms with Crippen LogP contribution in [0.5, 0.6) is 0 Å². The van der Waals surface area contributed by atoms with Gasteiger partial charge in [-0.25, -0.2) is 4.39 Å². The van der Waals surface area contributed by atoms with Crippen LogP contribution in [-0.2, 0) is 0 Å². The molecular formula is C8H10F3NS2. The first-order valence-electron chi connectivity index (χ1n) is 4.12. The van der Waals surface area contributed by atoms with Crippen LogP contribution in [0.2, 0.25) is 0 Å². The summed E-state index contributed by atoms with van der Waals surface area (Å²) in [6.07, 6.45) is -2.43. The van der Waals surface area contributed by atoms with Crippen LogP contribution in [0.4, 0.5) is 13.2 Å². The standard InChI is InChI=1S/C8H10F3NS2/c1-5-4-14-8(12-5)13-3-2-6(9)7(10)11/h5H,2-4H2,1H3/t5-/m1/s1. The monoisotopic (exact) mass is 241 g/mol. The second kappa shape index (κ2) is 5.70. The largest absolute Gasteiger partial charge is 0.301 e. The second-order valence-corrected chi connectivity index (χ2v) is 5.17. The van der Waals surface area contributed by atoms with Crippen molar-refractivity contribution in [3.05, 3.63) is 11.9 Å². The van der Waals surface area contributed by atoms with Gasteiger partial charge in [-0.1, -0.05) is 23.5 Å². The number of nitrogens with zero attached hydrogens (tertiary/aromatic N) is 1. The highest BCUT2D eigenvalue weighted by Gasteiger charge is 2.14. The Morgan fingerprint density at radius 2 is 2.29 bits per heavy atom. The van der Waals surface area contributed by atoms with Gasteiger partial charge >= 0.3 is 6.08 Å². The molecule has 0 fully saturated rings. The maximum absolute atomic E-state index is 12.3. The van der Waals surface area contributed by atoms with E-state index in [1.54, 1.807) is 11.8 Å². The van der Waals surface area contributed by atoms with Crippen LogP contribution in [0.15, 0.2) is 16.9 Å². The summed E-state index contributed by atoms with van der Waals surface area (Å²) in [5.74, 6) is -0.0611. The molecule has 0 unspecified atom stereocenters. The van der Waals surface area contributed by atoms with Gasteiger partial charge in [0.1, 0.15) is 4.38 Å². The summed E-state index contributed by atoms with van der Waals surface area (Å²) in [4.78, 5) is 4.25. The third-order valence-corrected chi connectivity index (χ3v) is 4.00. The van der Waals surface area contributed by atoms with Crippen LogP contribution in [-0.4, -0.2) is 21.9 Å². The SMILES string of the molecule is C[C@@H]1CSC(SCCC(F)=C(F)F)=N1. The lowest BCUT2D eigenvalue weighted by molar-refractivity contribution is 0.373. The molecule has 1 aliphatic heterocycles. The summed E-state index contributed by atoms with van der Waals surface area (Å²) in [6, 6.07) is 0.292. The van der Waals surface area contributed by atoms with E-state index in [9.17, 15) is 13.2 Å². The number of aliphatic imine (C=N–C) groups is 1. The molecule has 1 rings (SSSR count). The van der Waals surface area contributed by atoms with Gasteiger partial charge in [0.25, 0.3) is 0 Å². The Bertz CT molecular complexity index is 261. The van der Waals surface area contributed by atoms with Gasteiger partial charge in [-0.15, -0.1) is 0 Å². The van der Waals surface area contributed by atoms with Crippen molar-refractivity contribution in [1.29, 1.82) is 0 Å². The summed E-state index contributed by atoms with van der Waals surface area (Å²) < 4.78 is 36.5. The Morgan fingerprint density at radius 1 is 1.57 bits per heavy atom. The molecule has 1 aliphatic rings. The average Bonchev–Trinajstić information content (AvgIpc) is 2.51. The molecule has 0 radical (unpaired) electrons. The van der Waals surface area contributed by atoms with Gasteiger partial charge in [-0.3, -0.25) is 4.99 Å². The van der Waals surface area contributed by atoms with E-state index in [2.05, 4.69) is 4.99 Å². The molecule has 0 aromatic carbocycles. The van der Waals surface area contributed by atoms with Crippen LogP contribution >= 0.6 is 23.5 Å². The molecule has 0 aliphatic carbocycles. The Balaban J connectivity index is 2.22. The molecule has 1 atom stereocenters. The van der Waals surface area contributed by atoms with Crippen LogP contribution < -0.4 is 0 Å². The Morgan fingerprint density at radius 3 is 2.79 bits per heavy atom. The summed E-state index contributed by atoms with van der Waals surface area (Å²) in [7, 11) is 0. The Labute approximate surface area is 89.2 Å². The average molecular weight is 241 g/mol. The van der Waals surface area contributed by atoms with Crippen molar-refractivity contribution in [3.8, 4) is 0 Å². The molecule has 80 valence electrons. The first-order valence-corrected chi connectivity index (χ1v) is 6.09. The maximum Gasteiger partial charge on any atom is 0.301 e. The summed E-state index contributed by atoms with van der Waals surface area (Å²) in [5.41, 5.74) is 0. The summed E-state index contributed by atoms with van der Waals surface area (Å²) >= 11 is 2.94. The van der Waals surface area contributed by atoms with E-state index in [1.165, 1.54) is 11.8 Å². The van der Waals surface area contributed by atoms with Crippen LogP contribution in [0, 0.1) is 0 Å². The van der Waals surface area contributed by atoms with Crippen molar-refractivity contribution in [3.63, 3.8) is 0 Å². The van der Waals surface area contributed by atoms with Crippen molar-refractivity contribution in [2.45, 2.75) is 19.4 Å². The normalized spacial score (nSPS) is 20.9. The lowest BCUT2D eigenvalue weighted by Gasteiger charge is -1.97. The molecule has 0 aromatic heterocycles.